The molecular weight excluding hydrogens is 368 g/mol. The van der Waals surface area contributed by atoms with Gasteiger partial charge in [-0.3, -0.25) is 0 Å². The predicted octanol–water partition coefficient (Wildman–Crippen LogP) is 6.84. The van der Waals surface area contributed by atoms with Crippen LogP contribution >= 0.6 is 81.2 Å². The zero-order valence-electron chi connectivity index (χ0n) is 7.80. The average molecular weight is 370 g/mol. The highest BCUT2D eigenvalue weighted by molar-refractivity contribution is 6.53. The smallest absolute Gasteiger partial charge is 0.0971 e. The van der Waals surface area contributed by atoms with E-state index in [-0.39, 0.29) is 25.1 Å². The molecule has 0 saturated carbocycles. The summed E-state index contributed by atoms with van der Waals surface area (Å²) in [6.45, 7) is 0. The lowest BCUT2D eigenvalue weighted by molar-refractivity contribution is 1.11. The summed E-state index contributed by atoms with van der Waals surface area (Å²) in [5.74, 6) is 0. The molecule has 0 spiro atoms. The van der Waals surface area contributed by atoms with Crippen LogP contribution in [0.4, 0.5) is 0 Å². The van der Waals surface area contributed by atoms with Crippen molar-refractivity contribution < 1.29 is 0 Å². The molecule has 0 heterocycles. The van der Waals surface area contributed by atoms with E-state index in [0.29, 0.717) is 16.2 Å². The zero-order chi connectivity index (χ0) is 12.9. The van der Waals surface area contributed by atoms with Gasteiger partial charge in [0.15, 0.2) is 0 Å². The fourth-order valence-corrected chi connectivity index (χ4v) is 3.38. The number of benzene rings is 1. The van der Waals surface area contributed by atoms with Crippen molar-refractivity contribution in [1.29, 1.82) is 0 Å². The van der Waals surface area contributed by atoms with Crippen LogP contribution in [0.25, 0.3) is 0 Å². The molecule has 0 aliphatic heterocycles. The molecule has 1 aromatic carbocycles. The summed E-state index contributed by atoms with van der Waals surface area (Å²) in [5, 5.41) is 0.689. The SMILES string of the molecule is ClC1=C(Cl)C(Cl)c2c(Cl)c(Cl)c(Cl)c(Cl)c2[CH]1. The molecule has 0 fully saturated rings. The van der Waals surface area contributed by atoms with Gasteiger partial charge in [0, 0.05) is 17.0 Å². The van der Waals surface area contributed by atoms with Crippen molar-refractivity contribution in [3.63, 3.8) is 0 Å². The Morgan fingerprint density at radius 1 is 0.765 bits per heavy atom. The van der Waals surface area contributed by atoms with Gasteiger partial charge in [0.1, 0.15) is 0 Å². The van der Waals surface area contributed by atoms with E-state index >= 15 is 0 Å². The van der Waals surface area contributed by atoms with Gasteiger partial charge < -0.3 is 0 Å². The summed E-state index contributed by atoms with van der Waals surface area (Å²) >= 11 is 42.1. The van der Waals surface area contributed by atoms with E-state index in [1.165, 1.54) is 0 Å². The Bertz CT molecular complexity index is 532. The molecule has 1 atom stereocenters. The molecule has 1 aromatic rings. The van der Waals surface area contributed by atoms with E-state index in [1.54, 1.807) is 6.42 Å². The largest absolute Gasteiger partial charge is 0.111 e. The van der Waals surface area contributed by atoms with Crippen molar-refractivity contribution in [2.24, 2.45) is 0 Å². The van der Waals surface area contributed by atoms with Crippen molar-refractivity contribution in [3.05, 3.63) is 47.7 Å². The van der Waals surface area contributed by atoms with Crippen LogP contribution in [0.15, 0.2) is 10.1 Å². The second-order valence-corrected chi connectivity index (χ2v) is 6.05. The molecule has 91 valence electrons. The maximum absolute atomic E-state index is 6.15. The molecule has 1 unspecified atom stereocenters. The number of alkyl halides is 1. The molecule has 0 amide bonds. The molecular formula is C10H2Cl7. The van der Waals surface area contributed by atoms with Gasteiger partial charge in [-0.2, -0.15) is 0 Å². The van der Waals surface area contributed by atoms with Crippen LogP contribution in [0, 0.1) is 6.42 Å². The van der Waals surface area contributed by atoms with Crippen molar-refractivity contribution in [2.45, 2.75) is 5.38 Å². The molecule has 1 aliphatic carbocycles. The lowest BCUT2D eigenvalue weighted by atomic mass is 9.96. The third kappa shape index (κ3) is 2.27. The zero-order valence-corrected chi connectivity index (χ0v) is 13.1. The maximum Gasteiger partial charge on any atom is 0.0971 e. The summed E-state index contributed by atoms with van der Waals surface area (Å²) in [6.07, 6.45) is 1.56. The van der Waals surface area contributed by atoms with E-state index in [0.717, 1.165) is 0 Å². The predicted molar refractivity (Wildman–Crippen MR) is 77.2 cm³/mol. The first kappa shape index (κ1) is 14.4. The molecule has 0 aromatic heterocycles. The Balaban J connectivity index is 2.78. The molecule has 0 bridgehead atoms. The van der Waals surface area contributed by atoms with Gasteiger partial charge in [-0.25, -0.2) is 0 Å². The number of halogens is 7. The van der Waals surface area contributed by atoms with Crippen molar-refractivity contribution >= 4 is 81.2 Å². The van der Waals surface area contributed by atoms with E-state index in [1.807, 2.05) is 0 Å². The number of rotatable bonds is 0. The number of fused-ring (bicyclic) bond motifs is 1. The van der Waals surface area contributed by atoms with Crippen LogP contribution in [-0.4, -0.2) is 0 Å². The maximum atomic E-state index is 6.15. The number of hydrogen-bond acceptors (Lipinski definition) is 0. The fourth-order valence-electron chi connectivity index (χ4n) is 1.50. The number of allylic oxidation sites excluding steroid dienone is 2. The molecule has 7 heteroatoms. The van der Waals surface area contributed by atoms with Gasteiger partial charge in [-0.15, -0.1) is 11.6 Å². The summed E-state index contributed by atoms with van der Waals surface area (Å²) in [7, 11) is 0. The third-order valence-corrected chi connectivity index (χ3v) is 5.53. The molecule has 0 saturated heterocycles. The van der Waals surface area contributed by atoms with Crippen molar-refractivity contribution in [3.8, 4) is 0 Å². The highest BCUT2D eigenvalue weighted by Gasteiger charge is 2.31. The molecule has 2 rings (SSSR count). The second kappa shape index (κ2) is 5.17. The van der Waals surface area contributed by atoms with Gasteiger partial charge >= 0.3 is 0 Å². The topological polar surface area (TPSA) is 0 Å². The van der Waals surface area contributed by atoms with Crippen molar-refractivity contribution in [1.82, 2.24) is 0 Å². The number of hydrogen-bond donors (Lipinski definition) is 0. The average Bonchev–Trinajstić information content (AvgIpc) is 2.30. The van der Waals surface area contributed by atoms with E-state index in [9.17, 15) is 0 Å². The summed E-state index contributed by atoms with van der Waals surface area (Å²) in [6, 6.07) is 0. The Hall–Kier alpha value is 0.990. The quantitative estimate of drug-likeness (QED) is 0.267. The summed E-state index contributed by atoms with van der Waals surface area (Å²) < 4.78 is 0. The highest BCUT2D eigenvalue weighted by atomic mass is 35.5. The Kier molecular flexibility index (Phi) is 4.38. The van der Waals surface area contributed by atoms with Crippen LogP contribution in [-0.2, 0) is 0 Å². The van der Waals surface area contributed by atoms with Crippen LogP contribution in [0.5, 0.6) is 0 Å². The molecule has 17 heavy (non-hydrogen) atoms. The fraction of sp³-hybridized carbons (Fsp3) is 0.100. The first-order valence-corrected chi connectivity index (χ1v) is 6.96. The van der Waals surface area contributed by atoms with Gasteiger partial charge in [0.05, 0.1) is 30.5 Å². The molecule has 0 N–H and O–H groups in total. The Labute approximate surface area is 133 Å². The lowest BCUT2D eigenvalue weighted by Crippen LogP contribution is -2.07. The molecule has 1 radical (unpaired) electrons. The van der Waals surface area contributed by atoms with Gasteiger partial charge in [0.25, 0.3) is 0 Å². The van der Waals surface area contributed by atoms with Crippen LogP contribution in [0.1, 0.15) is 16.5 Å². The summed E-state index contributed by atoms with van der Waals surface area (Å²) in [4.78, 5) is 0. The minimum Gasteiger partial charge on any atom is -0.111 e. The first-order chi connectivity index (χ1) is 7.86. The molecule has 0 nitrogen and oxygen atoms in total. The summed E-state index contributed by atoms with van der Waals surface area (Å²) in [5.41, 5.74) is 1.06. The third-order valence-electron chi connectivity index (χ3n) is 2.32. The van der Waals surface area contributed by atoms with Gasteiger partial charge in [0.2, 0.25) is 0 Å². The minimum absolute atomic E-state index is 0.152. The van der Waals surface area contributed by atoms with Crippen LogP contribution < -0.4 is 0 Å². The van der Waals surface area contributed by atoms with E-state index < -0.39 is 5.38 Å². The standard InChI is InChI=1S/C10H2Cl7/c11-3-1-2-4(7(14)6(3)13)8(15)10(17)9(16)5(2)12/h1,7H. The van der Waals surface area contributed by atoms with Gasteiger partial charge in [-0.05, 0) is 5.56 Å². The highest BCUT2D eigenvalue weighted by Crippen LogP contribution is 2.52. The second-order valence-electron chi connectivity index (χ2n) is 3.29. The van der Waals surface area contributed by atoms with Crippen LogP contribution in [0.3, 0.4) is 0 Å². The minimum atomic E-state index is -0.691. The first-order valence-electron chi connectivity index (χ1n) is 4.26. The molecule has 1 aliphatic rings. The van der Waals surface area contributed by atoms with Gasteiger partial charge in [-0.1, -0.05) is 69.6 Å². The monoisotopic (exact) mass is 367 g/mol. The Morgan fingerprint density at radius 3 is 1.88 bits per heavy atom. The van der Waals surface area contributed by atoms with Crippen molar-refractivity contribution in [2.75, 3.05) is 0 Å². The lowest BCUT2D eigenvalue weighted by Gasteiger charge is -2.24. The Morgan fingerprint density at radius 2 is 1.29 bits per heavy atom. The van der Waals surface area contributed by atoms with Crippen LogP contribution in [0.2, 0.25) is 20.1 Å². The normalized spacial score (nSPS) is 19.6. The van der Waals surface area contributed by atoms with E-state index in [4.69, 9.17) is 81.2 Å². The van der Waals surface area contributed by atoms with E-state index in [2.05, 4.69) is 0 Å².